The summed E-state index contributed by atoms with van der Waals surface area (Å²) < 4.78 is 8.74. The molecule has 0 spiro atoms. The van der Waals surface area contributed by atoms with Crippen molar-refractivity contribution in [2.45, 2.75) is 0 Å². The van der Waals surface area contributed by atoms with Crippen LogP contribution in [0, 0.1) is 0 Å². The second-order valence-electron chi connectivity index (χ2n) is 0.283. The molecule has 0 aliphatic carbocycles. The Morgan fingerprint density at radius 2 is 1.29 bits per heavy atom. The molecule has 0 aliphatic heterocycles. The van der Waals surface area contributed by atoms with Crippen molar-refractivity contribution in [1.82, 2.24) is 0 Å². The van der Waals surface area contributed by atoms with Gasteiger partial charge in [-0.25, -0.2) is 0 Å². The third-order valence-electron chi connectivity index (χ3n) is 0. The van der Waals surface area contributed by atoms with Gasteiger partial charge in [-0.3, -0.25) is 4.46 Å². The molecule has 0 radical (unpaired) electrons. The molecule has 0 aromatic rings. The van der Waals surface area contributed by atoms with Gasteiger partial charge in [-0.05, 0) is 0 Å². The predicted molar refractivity (Wildman–Crippen MR) is 25.7 cm³/mol. The summed E-state index contributed by atoms with van der Waals surface area (Å²) in [6, 6.07) is 0. The molecule has 2 N–H and O–H groups in total. The van der Waals surface area contributed by atoms with Crippen LogP contribution in [0.15, 0.2) is 0 Å². The summed E-state index contributed by atoms with van der Waals surface area (Å²) in [7, 11) is -3.13. The molecule has 0 aromatic carbocycles. The van der Waals surface area contributed by atoms with Crippen molar-refractivity contribution in [2.75, 3.05) is 0 Å². The molecule has 0 saturated heterocycles. The number of hydrogen-bond acceptors (Lipinski definition) is 1. The maximum absolute atomic E-state index is 8.74. The molecule has 0 unspecified atom stereocenters. The van der Waals surface area contributed by atoms with Gasteiger partial charge in [-0.1, -0.05) is 0 Å². The molecule has 0 saturated carbocycles. The molecular formula is H2AlCaNO3Si+2. The third kappa shape index (κ3) is 113. The van der Waals surface area contributed by atoms with Crippen molar-refractivity contribution in [1.29, 1.82) is 0 Å². The van der Waals surface area contributed by atoms with Crippen LogP contribution in [0.25, 0.3) is 6.15 Å². The zero-order valence-corrected chi connectivity index (χ0v) is 7.90. The Morgan fingerprint density at radius 1 is 1.29 bits per heavy atom. The van der Waals surface area contributed by atoms with Gasteiger partial charge >= 0.3 is 64.3 Å². The zero-order valence-electron chi connectivity index (χ0n) is 3.53. The van der Waals surface area contributed by atoms with Crippen molar-refractivity contribution in [2.24, 2.45) is 0 Å². The summed E-state index contributed by atoms with van der Waals surface area (Å²) in [6.45, 7) is 0. The molecule has 7 heteroatoms. The molecule has 0 rings (SSSR count). The second-order valence-corrected chi connectivity index (χ2v) is 0.848. The van der Waals surface area contributed by atoms with E-state index in [0.29, 0.717) is 0 Å². The molecule has 32 valence electrons. The van der Waals surface area contributed by atoms with E-state index in [0.717, 1.165) is 0 Å². The summed E-state index contributed by atoms with van der Waals surface area (Å²) in [5.74, 6) is 0. The molecule has 0 fully saturated rings. The van der Waals surface area contributed by atoms with Crippen molar-refractivity contribution >= 4 is 64.3 Å². The van der Waals surface area contributed by atoms with Crippen LogP contribution in [-0.4, -0.2) is 73.9 Å². The van der Waals surface area contributed by atoms with Crippen LogP contribution in [0.4, 0.5) is 0 Å². The molecule has 4 nitrogen and oxygen atoms in total. The van der Waals surface area contributed by atoms with Crippen molar-refractivity contribution in [3.63, 3.8) is 0 Å². The van der Waals surface area contributed by atoms with Crippen LogP contribution >= 0.6 is 0 Å². The Labute approximate surface area is 83.5 Å². The minimum atomic E-state index is -3.13. The fraction of sp³-hybridized carbons (Fsp3) is 0. The summed E-state index contributed by atoms with van der Waals surface area (Å²) >= 11 is 0. The predicted octanol–water partition coefficient (Wildman–Crippen LogP) is -2.09. The largest absolute Gasteiger partial charge is 3.00 e. The van der Waals surface area contributed by atoms with E-state index in [4.69, 9.17) is 14.1 Å². The average molecular weight is 159 g/mol. The molecule has 0 atom stereocenters. The first-order valence-electron chi connectivity index (χ1n) is 0.651. The molecular weight excluding hydrogens is 157 g/mol. The van der Waals surface area contributed by atoms with Gasteiger partial charge in [0.15, 0.2) is 0 Å². The van der Waals surface area contributed by atoms with E-state index in [9.17, 15) is 0 Å². The van der Waals surface area contributed by atoms with Gasteiger partial charge in [0.2, 0.25) is 0 Å². The van der Waals surface area contributed by atoms with E-state index in [1.807, 2.05) is 0 Å². The van der Waals surface area contributed by atoms with Crippen LogP contribution < -0.4 is 0 Å². The van der Waals surface area contributed by atoms with E-state index >= 15 is 0 Å². The molecule has 0 heterocycles. The van der Waals surface area contributed by atoms with Gasteiger partial charge < -0.3 is 15.7 Å². The number of hydrogen-bond donors (Lipinski definition) is 2. The maximum atomic E-state index is 8.74. The molecule has 7 heavy (non-hydrogen) atoms. The first-order valence-corrected chi connectivity index (χ1v) is 1.95. The summed E-state index contributed by atoms with van der Waals surface area (Å²) in [5.41, 5.74) is 0. The van der Waals surface area contributed by atoms with Gasteiger partial charge in [-0.2, -0.15) is 0 Å². The first-order chi connectivity index (χ1) is 1.73. The SMILES string of the molecule is O=[Si](O)O.[Al+3].[Ca+2].[N-3]. The van der Waals surface area contributed by atoms with Crippen LogP contribution in [0.3, 0.4) is 0 Å². The Morgan fingerprint density at radius 3 is 1.29 bits per heavy atom. The van der Waals surface area contributed by atoms with E-state index < -0.39 is 9.17 Å². The van der Waals surface area contributed by atoms with Crippen LogP contribution in [-0.2, 0) is 4.46 Å². The summed E-state index contributed by atoms with van der Waals surface area (Å²) in [6.07, 6.45) is 0. The van der Waals surface area contributed by atoms with Gasteiger partial charge in [0.05, 0.1) is 0 Å². The Balaban J connectivity index is -0.0000000150. The van der Waals surface area contributed by atoms with Gasteiger partial charge in [-0.15, -0.1) is 0 Å². The number of rotatable bonds is 0. The standard InChI is InChI=1S/Al.Ca.N.H2O3Si/c;;;1-4(2)3/h;;;1-2H/q+3;+2;-3;. The Hall–Kier alpha value is 1.37. The average Bonchev–Trinajstić information content (AvgIpc) is 0.811. The first kappa shape index (κ1) is 23.8. The topological polar surface area (TPSA) is 88.0 Å². The molecule has 0 aromatic heterocycles. The van der Waals surface area contributed by atoms with Crippen LogP contribution in [0.5, 0.6) is 0 Å². The number of nitrogens with zero attached hydrogens (tertiary/aromatic N) is 1. The smallest absolute Gasteiger partial charge is 3.00 e. The van der Waals surface area contributed by atoms with Gasteiger partial charge in [0, 0.05) is 0 Å². The maximum Gasteiger partial charge on any atom is 3.00 e. The minimum Gasteiger partial charge on any atom is -3.00 e. The summed E-state index contributed by atoms with van der Waals surface area (Å²) in [4.78, 5) is 14.3. The van der Waals surface area contributed by atoms with Crippen molar-refractivity contribution in [3.8, 4) is 0 Å². The van der Waals surface area contributed by atoms with Crippen molar-refractivity contribution in [3.05, 3.63) is 6.15 Å². The summed E-state index contributed by atoms with van der Waals surface area (Å²) in [5, 5.41) is 0. The van der Waals surface area contributed by atoms with Gasteiger partial charge in [0.25, 0.3) is 0 Å². The normalized spacial score (nSPS) is 3.43. The third-order valence-corrected chi connectivity index (χ3v) is 0. The van der Waals surface area contributed by atoms with E-state index in [2.05, 4.69) is 0 Å². The van der Waals surface area contributed by atoms with Crippen LogP contribution in [0.1, 0.15) is 0 Å². The van der Waals surface area contributed by atoms with Gasteiger partial charge in [0.1, 0.15) is 0 Å². The van der Waals surface area contributed by atoms with E-state index in [1.165, 1.54) is 0 Å². The van der Waals surface area contributed by atoms with Crippen LogP contribution in [0.2, 0.25) is 0 Å². The Bertz CT molecular complexity index is 37.9. The van der Waals surface area contributed by atoms with Crippen molar-refractivity contribution < 1.29 is 14.1 Å². The fourth-order valence-corrected chi connectivity index (χ4v) is 0. The quantitative estimate of drug-likeness (QED) is 0.397. The zero-order chi connectivity index (χ0) is 3.58. The minimum absolute atomic E-state index is 0. The molecule has 0 amide bonds. The monoisotopic (exact) mass is 159 g/mol. The molecule has 0 bridgehead atoms. The van der Waals surface area contributed by atoms with E-state index in [1.54, 1.807) is 0 Å². The van der Waals surface area contributed by atoms with E-state index in [-0.39, 0.29) is 61.2 Å². The Kier molecular flexibility index (Phi) is 53.3. The molecule has 0 aliphatic rings. The fourth-order valence-electron chi connectivity index (χ4n) is 0. The second kappa shape index (κ2) is 15.7.